The molecule has 1 atom stereocenters. The lowest BCUT2D eigenvalue weighted by atomic mass is 10.1. The van der Waals surface area contributed by atoms with Gasteiger partial charge in [-0.15, -0.1) is 0 Å². The maximum Gasteiger partial charge on any atom is 0.314 e. The molecule has 3 amide bonds. The molecule has 1 aromatic heterocycles. The van der Waals surface area contributed by atoms with Gasteiger partial charge in [0.1, 0.15) is 12.4 Å². The highest BCUT2D eigenvalue weighted by molar-refractivity contribution is 5.83. The number of urea groups is 1. The van der Waals surface area contributed by atoms with Gasteiger partial charge in [0.25, 0.3) is 6.47 Å². The number of nitrogens with two attached hydrogens (primary N) is 1. The Morgan fingerprint density at radius 1 is 1.59 bits per heavy atom. The predicted molar refractivity (Wildman–Crippen MR) is 79.9 cm³/mol. The van der Waals surface area contributed by atoms with Crippen LogP contribution in [0.15, 0.2) is 12.4 Å². The van der Waals surface area contributed by atoms with Crippen LogP contribution in [0.5, 0.6) is 0 Å². The van der Waals surface area contributed by atoms with Gasteiger partial charge in [0, 0.05) is 26.5 Å². The lowest BCUT2D eigenvalue weighted by Crippen LogP contribution is -2.42. The molecule has 0 aromatic carbocycles. The van der Waals surface area contributed by atoms with Crippen molar-refractivity contribution < 1.29 is 19.5 Å². The summed E-state index contributed by atoms with van der Waals surface area (Å²) in [5.74, 6) is 0.555. The van der Waals surface area contributed by atoms with E-state index in [1.54, 1.807) is 6.20 Å². The first-order valence-corrected chi connectivity index (χ1v) is 6.72. The minimum absolute atomic E-state index is 0.0556. The normalized spacial score (nSPS) is 10.9. The van der Waals surface area contributed by atoms with Gasteiger partial charge < -0.3 is 25.6 Å². The second kappa shape index (κ2) is 10.2. The third-order valence-electron chi connectivity index (χ3n) is 2.84. The largest absolute Gasteiger partial charge is 0.483 e. The van der Waals surface area contributed by atoms with E-state index in [1.807, 2.05) is 24.7 Å². The molecule has 1 aromatic rings. The lowest BCUT2D eigenvalue weighted by Gasteiger charge is -2.20. The van der Waals surface area contributed by atoms with Crippen LogP contribution in [0, 0.1) is 0 Å². The number of primary amides is 1. The van der Waals surface area contributed by atoms with Crippen molar-refractivity contribution >= 4 is 18.4 Å². The first-order chi connectivity index (χ1) is 10.4. The van der Waals surface area contributed by atoms with Crippen LogP contribution in [0.1, 0.15) is 31.6 Å². The molecule has 0 aliphatic carbocycles. The van der Waals surface area contributed by atoms with E-state index in [9.17, 15) is 9.59 Å². The standard InChI is InChI=1S/C12H21N5O2.CH2O2/c1-4-5-9(11-14-6-7-16(11)2)15-10(18)8-17(3)12(13)19;2-1-3/h6-7,9H,4-5,8H2,1-3H3,(H2,13,19)(H,15,18);1H,(H,2,3). The zero-order valence-electron chi connectivity index (χ0n) is 13.0. The minimum atomic E-state index is -0.626. The quantitative estimate of drug-likeness (QED) is 0.641. The average molecular weight is 313 g/mol. The highest BCUT2D eigenvalue weighted by Crippen LogP contribution is 2.15. The van der Waals surface area contributed by atoms with Gasteiger partial charge >= 0.3 is 6.03 Å². The molecule has 0 bridgehead atoms. The number of carbonyl (C=O) groups excluding carboxylic acids is 2. The number of aromatic nitrogens is 2. The zero-order chi connectivity index (χ0) is 17.1. The Hall–Kier alpha value is -2.58. The molecule has 0 saturated heterocycles. The summed E-state index contributed by atoms with van der Waals surface area (Å²) in [7, 11) is 3.37. The molecule has 22 heavy (non-hydrogen) atoms. The van der Waals surface area contributed by atoms with E-state index >= 15 is 0 Å². The Kier molecular flexibility index (Phi) is 9.00. The van der Waals surface area contributed by atoms with E-state index in [0.29, 0.717) is 0 Å². The Morgan fingerprint density at radius 3 is 2.59 bits per heavy atom. The van der Waals surface area contributed by atoms with Crippen molar-refractivity contribution in [2.45, 2.75) is 25.8 Å². The number of nitrogens with zero attached hydrogens (tertiary/aromatic N) is 3. The Morgan fingerprint density at radius 2 is 2.18 bits per heavy atom. The first-order valence-electron chi connectivity index (χ1n) is 6.72. The fourth-order valence-electron chi connectivity index (χ4n) is 1.80. The van der Waals surface area contributed by atoms with E-state index in [-0.39, 0.29) is 25.0 Å². The summed E-state index contributed by atoms with van der Waals surface area (Å²) in [6, 6.07) is -0.780. The summed E-state index contributed by atoms with van der Waals surface area (Å²) >= 11 is 0. The van der Waals surface area contributed by atoms with E-state index in [0.717, 1.165) is 23.6 Å². The fourth-order valence-corrected chi connectivity index (χ4v) is 1.80. The number of nitrogens with one attached hydrogen (secondary N) is 1. The van der Waals surface area contributed by atoms with Crippen molar-refractivity contribution in [2.75, 3.05) is 13.6 Å². The molecule has 9 heteroatoms. The van der Waals surface area contributed by atoms with Crippen molar-refractivity contribution in [2.24, 2.45) is 12.8 Å². The SMILES string of the molecule is CCCC(NC(=O)CN(C)C(N)=O)c1nccn1C.O=CO. The molecule has 1 rings (SSSR count). The molecule has 1 heterocycles. The maximum absolute atomic E-state index is 11.9. The van der Waals surface area contributed by atoms with Gasteiger partial charge in [-0.3, -0.25) is 9.59 Å². The molecular weight excluding hydrogens is 290 g/mol. The highest BCUT2D eigenvalue weighted by Gasteiger charge is 2.19. The number of carboxylic acid groups (broad SMARTS) is 1. The molecule has 0 fully saturated rings. The number of amides is 3. The molecular formula is C13H23N5O4. The van der Waals surface area contributed by atoms with Crippen LogP contribution in [0.4, 0.5) is 4.79 Å². The number of rotatable bonds is 6. The Labute approximate surface area is 129 Å². The number of carbonyl (C=O) groups is 3. The van der Waals surface area contributed by atoms with Crippen LogP contribution in [0.2, 0.25) is 0 Å². The highest BCUT2D eigenvalue weighted by atomic mass is 16.3. The van der Waals surface area contributed by atoms with Crippen molar-refractivity contribution in [3.05, 3.63) is 18.2 Å². The van der Waals surface area contributed by atoms with Gasteiger partial charge in [0.2, 0.25) is 5.91 Å². The third kappa shape index (κ3) is 6.73. The zero-order valence-corrected chi connectivity index (χ0v) is 13.0. The number of imidazole rings is 1. The molecule has 0 saturated carbocycles. The van der Waals surface area contributed by atoms with Crippen LogP contribution in [-0.4, -0.2) is 51.6 Å². The van der Waals surface area contributed by atoms with Crippen LogP contribution >= 0.6 is 0 Å². The van der Waals surface area contributed by atoms with E-state index < -0.39 is 6.03 Å². The van der Waals surface area contributed by atoms with Crippen molar-refractivity contribution in [3.63, 3.8) is 0 Å². The summed E-state index contributed by atoms with van der Waals surface area (Å²) in [4.78, 5) is 36.5. The Bertz CT molecular complexity index is 489. The van der Waals surface area contributed by atoms with Gasteiger partial charge in [-0.05, 0) is 6.42 Å². The molecule has 4 N–H and O–H groups in total. The molecule has 0 spiro atoms. The predicted octanol–water partition coefficient (Wildman–Crippen LogP) is 0.0888. The fraction of sp³-hybridized carbons (Fsp3) is 0.538. The van der Waals surface area contributed by atoms with Gasteiger partial charge in [-0.2, -0.15) is 0 Å². The van der Waals surface area contributed by atoms with E-state index in [4.69, 9.17) is 15.6 Å². The lowest BCUT2D eigenvalue weighted by molar-refractivity contribution is -0.123. The molecule has 0 aliphatic rings. The number of hydrogen-bond acceptors (Lipinski definition) is 4. The van der Waals surface area contributed by atoms with Crippen LogP contribution in [-0.2, 0) is 16.6 Å². The Balaban J connectivity index is 0.00000135. The summed E-state index contributed by atoms with van der Waals surface area (Å²) in [6.45, 7) is 1.73. The van der Waals surface area contributed by atoms with Gasteiger partial charge in [0.15, 0.2) is 0 Å². The molecule has 0 radical (unpaired) electrons. The third-order valence-corrected chi connectivity index (χ3v) is 2.84. The average Bonchev–Trinajstić information content (AvgIpc) is 2.85. The van der Waals surface area contributed by atoms with Crippen molar-refractivity contribution in [3.8, 4) is 0 Å². The van der Waals surface area contributed by atoms with Crippen LogP contribution < -0.4 is 11.1 Å². The second-order valence-electron chi connectivity index (χ2n) is 4.60. The summed E-state index contributed by atoms with van der Waals surface area (Å²) in [6.07, 6.45) is 5.24. The smallest absolute Gasteiger partial charge is 0.314 e. The van der Waals surface area contributed by atoms with E-state index in [1.165, 1.54) is 7.05 Å². The number of aryl methyl sites for hydroxylation is 1. The van der Waals surface area contributed by atoms with Crippen LogP contribution in [0.25, 0.3) is 0 Å². The molecule has 0 aliphatic heterocycles. The summed E-state index contributed by atoms with van der Waals surface area (Å²) < 4.78 is 1.87. The van der Waals surface area contributed by atoms with Gasteiger partial charge in [0.05, 0.1) is 6.04 Å². The van der Waals surface area contributed by atoms with Gasteiger partial charge in [-0.25, -0.2) is 9.78 Å². The molecule has 1 unspecified atom stereocenters. The van der Waals surface area contributed by atoms with Crippen LogP contribution in [0.3, 0.4) is 0 Å². The second-order valence-corrected chi connectivity index (χ2v) is 4.60. The minimum Gasteiger partial charge on any atom is -0.483 e. The summed E-state index contributed by atoms with van der Waals surface area (Å²) in [5.41, 5.74) is 5.08. The van der Waals surface area contributed by atoms with Gasteiger partial charge in [-0.1, -0.05) is 13.3 Å². The molecule has 124 valence electrons. The number of likely N-dealkylation sites (N-methyl/N-ethyl adjacent to an activating group) is 1. The molecule has 9 nitrogen and oxygen atoms in total. The topological polar surface area (TPSA) is 131 Å². The maximum atomic E-state index is 11.9. The van der Waals surface area contributed by atoms with Crippen molar-refractivity contribution in [1.82, 2.24) is 19.8 Å². The van der Waals surface area contributed by atoms with E-state index in [2.05, 4.69) is 10.3 Å². The first kappa shape index (κ1) is 19.4. The van der Waals surface area contributed by atoms with Crippen molar-refractivity contribution in [1.29, 1.82) is 0 Å². The summed E-state index contributed by atoms with van der Waals surface area (Å²) in [5, 5.41) is 9.76. The number of hydrogen-bond donors (Lipinski definition) is 3. The monoisotopic (exact) mass is 313 g/mol.